The number of nitrogens with zero attached hydrogens (tertiary/aromatic N) is 3. The van der Waals surface area contributed by atoms with Gasteiger partial charge in [-0.15, -0.1) is 0 Å². The van der Waals surface area contributed by atoms with Crippen molar-refractivity contribution >= 4 is 17.3 Å². The van der Waals surface area contributed by atoms with Gasteiger partial charge in [-0.05, 0) is 25.1 Å². The van der Waals surface area contributed by atoms with E-state index in [1.54, 1.807) is 23.0 Å². The van der Waals surface area contributed by atoms with E-state index in [-0.39, 0.29) is 0 Å². The van der Waals surface area contributed by atoms with Gasteiger partial charge in [-0.25, -0.2) is 0 Å². The summed E-state index contributed by atoms with van der Waals surface area (Å²) in [6.45, 7) is 2.71. The maximum Gasteiger partial charge on any atom is 0.150 e. The van der Waals surface area contributed by atoms with Crippen LogP contribution in [0.15, 0.2) is 18.2 Å². The lowest BCUT2D eigenvalue weighted by Crippen LogP contribution is -1.97. The highest BCUT2D eigenvalue weighted by atomic mass is 16.1. The summed E-state index contributed by atoms with van der Waals surface area (Å²) in [7, 11) is 0. The van der Waals surface area contributed by atoms with Crippen LogP contribution in [-0.4, -0.2) is 21.3 Å². The summed E-state index contributed by atoms with van der Waals surface area (Å²) in [6.07, 6.45) is 0.810. The van der Waals surface area contributed by atoms with Crippen molar-refractivity contribution in [3.05, 3.63) is 23.8 Å². The minimum Gasteiger partial charge on any atom is -0.298 e. The van der Waals surface area contributed by atoms with Gasteiger partial charge in [0.05, 0.1) is 6.54 Å². The Morgan fingerprint density at radius 2 is 2.15 bits per heavy atom. The quantitative estimate of drug-likeness (QED) is 0.645. The van der Waals surface area contributed by atoms with E-state index in [1.807, 2.05) is 6.92 Å². The Morgan fingerprint density at radius 1 is 1.38 bits per heavy atom. The summed E-state index contributed by atoms with van der Waals surface area (Å²) < 4.78 is 0. The minimum absolute atomic E-state index is 0.635. The van der Waals surface area contributed by atoms with Gasteiger partial charge >= 0.3 is 0 Å². The van der Waals surface area contributed by atoms with Gasteiger partial charge in [0, 0.05) is 5.56 Å². The predicted molar refractivity (Wildman–Crippen MR) is 48.6 cm³/mol. The van der Waals surface area contributed by atoms with E-state index < -0.39 is 0 Å². The van der Waals surface area contributed by atoms with Crippen LogP contribution in [0.25, 0.3) is 11.0 Å². The average Bonchev–Trinajstić information content (AvgIpc) is 2.58. The topological polar surface area (TPSA) is 47.8 Å². The lowest BCUT2D eigenvalue weighted by molar-refractivity contribution is 0.112. The Balaban J connectivity index is 2.63. The first kappa shape index (κ1) is 7.91. The highest BCUT2D eigenvalue weighted by Crippen LogP contribution is 2.09. The molecule has 1 heterocycles. The average molecular weight is 175 g/mol. The van der Waals surface area contributed by atoms with Crippen LogP contribution in [0.5, 0.6) is 0 Å². The van der Waals surface area contributed by atoms with Crippen molar-refractivity contribution in [3.63, 3.8) is 0 Å². The van der Waals surface area contributed by atoms with Gasteiger partial charge in [0.2, 0.25) is 0 Å². The van der Waals surface area contributed by atoms with Crippen molar-refractivity contribution in [2.75, 3.05) is 0 Å². The largest absolute Gasteiger partial charge is 0.298 e. The molecular weight excluding hydrogens is 166 g/mol. The zero-order valence-electron chi connectivity index (χ0n) is 7.27. The molecule has 0 atom stereocenters. The van der Waals surface area contributed by atoms with Crippen molar-refractivity contribution < 1.29 is 4.79 Å². The molecule has 0 aliphatic carbocycles. The molecule has 0 spiro atoms. The smallest absolute Gasteiger partial charge is 0.150 e. The molecule has 13 heavy (non-hydrogen) atoms. The monoisotopic (exact) mass is 175 g/mol. The van der Waals surface area contributed by atoms with Crippen molar-refractivity contribution in [1.82, 2.24) is 15.0 Å². The SMILES string of the molecule is CCn1nc2ccc(C=O)cc2n1. The van der Waals surface area contributed by atoms with E-state index in [2.05, 4.69) is 10.2 Å². The summed E-state index contributed by atoms with van der Waals surface area (Å²) in [5.74, 6) is 0. The molecule has 0 radical (unpaired) electrons. The summed E-state index contributed by atoms with van der Waals surface area (Å²) in [4.78, 5) is 12.1. The van der Waals surface area contributed by atoms with Gasteiger partial charge in [0.25, 0.3) is 0 Å². The highest BCUT2D eigenvalue weighted by Gasteiger charge is 2.01. The molecular formula is C9H9N3O. The Hall–Kier alpha value is -1.71. The molecule has 0 saturated carbocycles. The first-order valence-corrected chi connectivity index (χ1v) is 4.13. The molecule has 1 aromatic carbocycles. The lowest BCUT2D eigenvalue weighted by atomic mass is 10.2. The third kappa shape index (κ3) is 1.30. The van der Waals surface area contributed by atoms with Crippen LogP contribution in [-0.2, 0) is 6.54 Å². The fourth-order valence-electron chi connectivity index (χ4n) is 1.19. The number of hydrogen-bond acceptors (Lipinski definition) is 3. The molecule has 2 rings (SSSR count). The Kier molecular flexibility index (Phi) is 1.81. The lowest BCUT2D eigenvalue weighted by Gasteiger charge is -1.86. The second-order valence-corrected chi connectivity index (χ2v) is 2.75. The maximum atomic E-state index is 10.5. The van der Waals surface area contributed by atoms with Gasteiger partial charge in [-0.1, -0.05) is 0 Å². The molecule has 1 aromatic heterocycles. The minimum atomic E-state index is 0.635. The summed E-state index contributed by atoms with van der Waals surface area (Å²) in [6, 6.07) is 5.28. The third-order valence-electron chi connectivity index (χ3n) is 1.86. The number of aromatic nitrogens is 3. The number of hydrogen-bond donors (Lipinski definition) is 0. The Morgan fingerprint density at radius 3 is 2.85 bits per heavy atom. The van der Waals surface area contributed by atoms with Gasteiger partial charge in [0.15, 0.2) is 0 Å². The molecule has 0 aliphatic rings. The number of carbonyl (C=O) groups is 1. The van der Waals surface area contributed by atoms with E-state index in [4.69, 9.17) is 0 Å². The van der Waals surface area contributed by atoms with E-state index in [1.165, 1.54) is 0 Å². The van der Waals surface area contributed by atoms with Crippen LogP contribution in [0.1, 0.15) is 17.3 Å². The summed E-state index contributed by atoms with van der Waals surface area (Å²) in [5.41, 5.74) is 2.23. The number of carbonyl (C=O) groups excluding carboxylic acids is 1. The van der Waals surface area contributed by atoms with E-state index in [0.29, 0.717) is 5.56 Å². The van der Waals surface area contributed by atoms with Gasteiger partial charge in [0.1, 0.15) is 17.3 Å². The van der Waals surface area contributed by atoms with Crippen LogP contribution in [0, 0.1) is 0 Å². The number of aldehydes is 1. The van der Waals surface area contributed by atoms with E-state index >= 15 is 0 Å². The van der Waals surface area contributed by atoms with Crippen LogP contribution in [0.4, 0.5) is 0 Å². The van der Waals surface area contributed by atoms with Gasteiger partial charge < -0.3 is 0 Å². The molecule has 66 valence electrons. The Labute approximate surface area is 75.2 Å². The molecule has 4 heteroatoms. The second kappa shape index (κ2) is 2.97. The predicted octanol–water partition coefficient (Wildman–Crippen LogP) is 1.26. The highest BCUT2D eigenvalue weighted by molar-refractivity contribution is 5.84. The van der Waals surface area contributed by atoms with Crippen molar-refractivity contribution in [2.24, 2.45) is 0 Å². The molecule has 0 N–H and O–H groups in total. The van der Waals surface area contributed by atoms with E-state index in [9.17, 15) is 4.79 Å². The van der Waals surface area contributed by atoms with Crippen molar-refractivity contribution in [2.45, 2.75) is 13.5 Å². The third-order valence-corrected chi connectivity index (χ3v) is 1.86. The molecule has 2 aromatic rings. The summed E-state index contributed by atoms with van der Waals surface area (Å²) >= 11 is 0. The molecule has 0 unspecified atom stereocenters. The molecule has 0 bridgehead atoms. The standard InChI is InChI=1S/C9H9N3O/c1-2-12-10-8-4-3-7(6-13)5-9(8)11-12/h3-6H,2H2,1H3. The first-order chi connectivity index (χ1) is 6.33. The van der Waals surface area contributed by atoms with Crippen LogP contribution < -0.4 is 0 Å². The molecule has 0 amide bonds. The van der Waals surface area contributed by atoms with Gasteiger partial charge in [-0.3, -0.25) is 4.79 Å². The fourth-order valence-corrected chi connectivity index (χ4v) is 1.19. The zero-order valence-corrected chi connectivity index (χ0v) is 7.27. The number of benzene rings is 1. The number of rotatable bonds is 2. The normalized spacial score (nSPS) is 10.5. The number of aryl methyl sites for hydroxylation is 1. The fraction of sp³-hybridized carbons (Fsp3) is 0.222. The maximum absolute atomic E-state index is 10.5. The molecule has 0 saturated heterocycles. The van der Waals surface area contributed by atoms with E-state index in [0.717, 1.165) is 23.9 Å². The van der Waals surface area contributed by atoms with Crippen LogP contribution in [0.3, 0.4) is 0 Å². The molecule has 0 aliphatic heterocycles. The van der Waals surface area contributed by atoms with Crippen LogP contribution >= 0.6 is 0 Å². The molecule has 4 nitrogen and oxygen atoms in total. The first-order valence-electron chi connectivity index (χ1n) is 4.13. The second-order valence-electron chi connectivity index (χ2n) is 2.75. The summed E-state index contributed by atoms with van der Waals surface area (Å²) in [5, 5.41) is 8.38. The van der Waals surface area contributed by atoms with Crippen LogP contribution in [0.2, 0.25) is 0 Å². The zero-order chi connectivity index (χ0) is 9.26. The van der Waals surface area contributed by atoms with Crippen molar-refractivity contribution in [1.29, 1.82) is 0 Å². The number of fused-ring (bicyclic) bond motifs is 1. The Bertz CT molecular complexity index is 447. The van der Waals surface area contributed by atoms with Gasteiger partial charge in [-0.2, -0.15) is 15.0 Å². The van der Waals surface area contributed by atoms with Crippen molar-refractivity contribution in [3.8, 4) is 0 Å². The molecule has 0 fully saturated rings.